The van der Waals surface area contributed by atoms with Crippen molar-refractivity contribution in [2.45, 2.75) is 51.7 Å². The number of carbonyl (C=O) groups excluding carboxylic acids is 2. The molecule has 184 valence electrons. The van der Waals surface area contributed by atoms with Crippen LogP contribution in [0.5, 0.6) is 0 Å². The van der Waals surface area contributed by atoms with E-state index in [1.54, 1.807) is 23.1 Å². The van der Waals surface area contributed by atoms with Gasteiger partial charge in [-0.3, -0.25) is 9.59 Å². The maximum atomic E-state index is 13.7. The molecule has 0 spiro atoms. The highest BCUT2D eigenvalue weighted by atomic mass is 79.9. The van der Waals surface area contributed by atoms with E-state index in [9.17, 15) is 9.59 Å². The summed E-state index contributed by atoms with van der Waals surface area (Å²) in [5.41, 5.74) is 2.20. The Morgan fingerprint density at radius 3 is 2.11 bits per heavy atom. The van der Waals surface area contributed by atoms with E-state index in [2.05, 4.69) is 21.2 Å². The number of halogens is 3. The summed E-state index contributed by atoms with van der Waals surface area (Å²) in [6.07, 6.45) is 0.494. The van der Waals surface area contributed by atoms with Crippen LogP contribution >= 0.6 is 39.1 Å². The van der Waals surface area contributed by atoms with Gasteiger partial charge in [0.1, 0.15) is 6.04 Å². The molecule has 0 aliphatic heterocycles. The molecule has 3 aromatic carbocycles. The topological polar surface area (TPSA) is 49.4 Å². The largest absolute Gasteiger partial charge is 0.350 e. The minimum absolute atomic E-state index is 0.0987. The van der Waals surface area contributed by atoms with Gasteiger partial charge in [0, 0.05) is 23.0 Å². The van der Waals surface area contributed by atoms with Crippen LogP contribution < -0.4 is 5.32 Å². The lowest BCUT2D eigenvalue weighted by molar-refractivity contribution is -0.141. The predicted molar refractivity (Wildman–Crippen MR) is 147 cm³/mol. The first kappa shape index (κ1) is 27.3. The normalized spacial score (nSPS) is 12.2. The van der Waals surface area contributed by atoms with Crippen LogP contribution in [0.4, 0.5) is 0 Å². The van der Waals surface area contributed by atoms with Crippen molar-refractivity contribution >= 4 is 50.9 Å². The van der Waals surface area contributed by atoms with Gasteiger partial charge in [-0.05, 0) is 61.7 Å². The van der Waals surface area contributed by atoms with Crippen LogP contribution in [0.3, 0.4) is 0 Å². The van der Waals surface area contributed by atoms with Crippen molar-refractivity contribution in [3.05, 3.63) is 104 Å². The smallest absolute Gasteiger partial charge is 0.243 e. The fourth-order valence-electron chi connectivity index (χ4n) is 3.72. The molecular weight excluding hydrogens is 547 g/mol. The first-order valence-corrected chi connectivity index (χ1v) is 12.9. The monoisotopic (exact) mass is 574 g/mol. The molecule has 0 aliphatic carbocycles. The van der Waals surface area contributed by atoms with Gasteiger partial charge in [0.15, 0.2) is 0 Å². The third-order valence-corrected chi connectivity index (χ3v) is 6.64. The lowest BCUT2D eigenvalue weighted by Crippen LogP contribution is -2.54. The van der Waals surface area contributed by atoms with Crippen LogP contribution in [-0.2, 0) is 29.0 Å². The second-order valence-corrected chi connectivity index (χ2v) is 11.2. The van der Waals surface area contributed by atoms with Crippen LogP contribution in [0, 0.1) is 0 Å². The molecule has 0 saturated carbocycles. The first-order chi connectivity index (χ1) is 16.5. The molecule has 7 heteroatoms. The van der Waals surface area contributed by atoms with Gasteiger partial charge in [0.25, 0.3) is 0 Å². The molecular formula is C28H29BrCl2N2O2. The van der Waals surface area contributed by atoms with Gasteiger partial charge < -0.3 is 10.2 Å². The van der Waals surface area contributed by atoms with Crippen LogP contribution in [0.15, 0.2) is 77.3 Å². The van der Waals surface area contributed by atoms with E-state index in [0.29, 0.717) is 23.0 Å². The number of nitrogens with zero attached hydrogens (tertiary/aromatic N) is 1. The molecule has 0 unspecified atom stereocenters. The number of hydrogen-bond donors (Lipinski definition) is 1. The summed E-state index contributed by atoms with van der Waals surface area (Å²) in [5.74, 6) is -0.364. The van der Waals surface area contributed by atoms with E-state index in [1.165, 1.54) is 0 Å². The average Bonchev–Trinajstić information content (AvgIpc) is 2.79. The Morgan fingerprint density at radius 1 is 0.886 bits per heavy atom. The summed E-state index contributed by atoms with van der Waals surface area (Å²) in [6.45, 7) is 6.09. The molecule has 2 amide bonds. The quantitative estimate of drug-likeness (QED) is 0.319. The minimum Gasteiger partial charge on any atom is -0.350 e. The lowest BCUT2D eigenvalue weighted by atomic mass is 10.00. The number of amides is 2. The van der Waals surface area contributed by atoms with Crippen LogP contribution in [-0.4, -0.2) is 28.3 Å². The number of benzene rings is 3. The molecule has 0 saturated heterocycles. The van der Waals surface area contributed by atoms with Crippen LogP contribution in [0.25, 0.3) is 0 Å². The molecule has 1 N–H and O–H groups in total. The van der Waals surface area contributed by atoms with Crippen LogP contribution in [0.2, 0.25) is 10.0 Å². The number of rotatable bonds is 8. The molecule has 0 aromatic heterocycles. The summed E-state index contributed by atoms with van der Waals surface area (Å²) < 4.78 is 0.946. The summed E-state index contributed by atoms with van der Waals surface area (Å²) in [7, 11) is 0. The second kappa shape index (κ2) is 12.1. The van der Waals surface area contributed by atoms with Crippen molar-refractivity contribution in [3.8, 4) is 0 Å². The Bertz CT molecular complexity index is 1160. The van der Waals surface area contributed by atoms with Crippen molar-refractivity contribution in [3.63, 3.8) is 0 Å². The van der Waals surface area contributed by atoms with E-state index < -0.39 is 11.6 Å². The highest BCUT2D eigenvalue weighted by molar-refractivity contribution is 9.10. The van der Waals surface area contributed by atoms with Gasteiger partial charge in [-0.15, -0.1) is 0 Å². The highest BCUT2D eigenvalue weighted by Crippen LogP contribution is 2.24. The summed E-state index contributed by atoms with van der Waals surface area (Å²) in [4.78, 5) is 29.0. The highest BCUT2D eigenvalue weighted by Gasteiger charge is 2.32. The molecule has 3 rings (SSSR count). The van der Waals surface area contributed by atoms with Gasteiger partial charge in [-0.1, -0.05) is 87.7 Å². The lowest BCUT2D eigenvalue weighted by Gasteiger charge is -2.34. The van der Waals surface area contributed by atoms with Crippen molar-refractivity contribution in [2.24, 2.45) is 0 Å². The molecule has 0 heterocycles. The first-order valence-electron chi connectivity index (χ1n) is 11.4. The predicted octanol–water partition coefficient (Wildman–Crippen LogP) is 6.85. The van der Waals surface area contributed by atoms with Gasteiger partial charge >= 0.3 is 0 Å². The number of nitrogens with one attached hydrogen (secondary N) is 1. The van der Waals surface area contributed by atoms with Crippen molar-refractivity contribution in [1.82, 2.24) is 10.2 Å². The summed E-state index contributed by atoms with van der Waals surface area (Å²) in [5, 5.41) is 3.89. The molecule has 4 nitrogen and oxygen atoms in total. The zero-order valence-electron chi connectivity index (χ0n) is 20.0. The molecule has 0 fully saturated rings. The minimum atomic E-state index is -0.699. The molecule has 3 aromatic rings. The third-order valence-electron chi connectivity index (χ3n) is 5.37. The summed E-state index contributed by atoms with van der Waals surface area (Å²) in [6, 6.07) is 22.0. The zero-order chi connectivity index (χ0) is 25.6. The third kappa shape index (κ3) is 8.38. The van der Waals surface area contributed by atoms with Gasteiger partial charge in [-0.25, -0.2) is 0 Å². The Kier molecular flexibility index (Phi) is 9.40. The summed E-state index contributed by atoms with van der Waals surface area (Å²) >= 11 is 15.7. The maximum absolute atomic E-state index is 13.7. The van der Waals surface area contributed by atoms with E-state index in [0.717, 1.165) is 21.2 Å². The Balaban J connectivity index is 1.99. The average molecular weight is 576 g/mol. The van der Waals surface area contributed by atoms with Crippen LogP contribution in [0.1, 0.15) is 37.5 Å². The SMILES string of the molecule is CC(C)(C)NC(=O)[C@H](Cc1ccccc1)N(Cc1ccc(Br)cc1)C(=O)Cc1ccc(Cl)c(Cl)c1. The van der Waals surface area contributed by atoms with E-state index in [1.807, 2.05) is 75.4 Å². The van der Waals surface area contributed by atoms with E-state index >= 15 is 0 Å². The van der Waals surface area contributed by atoms with Crippen molar-refractivity contribution in [1.29, 1.82) is 0 Å². The molecule has 35 heavy (non-hydrogen) atoms. The number of carbonyl (C=O) groups is 2. The van der Waals surface area contributed by atoms with E-state index in [4.69, 9.17) is 23.2 Å². The molecule has 0 radical (unpaired) electrons. The van der Waals surface area contributed by atoms with Gasteiger partial charge in [0.05, 0.1) is 16.5 Å². The zero-order valence-corrected chi connectivity index (χ0v) is 23.1. The standard InChI is InChI=1S/C28H29BrCl2N2O2/c1-28(2,3)32-27(35)25(16-19-7-5-4-6-8-19)33(18-20-9-12-22(29)13-10-20)26(34)17-21-11-14-23(30)24(31)15-21/h4-15,25H,16-18H2,1-3H3,(H,32,35)/t25-/m0/s1. The fraction of sp³-hybridized carbons (Fsp3) is 0.286. The maximum Gasteiger partial charge on any atom is 0.243 e. The number of hydrogen-bond acceptors (Lipinski definition) is 2. The molecule has 0 bridgehead atoms. The Hall–Kier alpha value is -2.34. The Morgan fingerprint density at radius 2 is 1.51 bits per heavy atom. The molecule has 0 aliphatic rings. The van der Waals surface area contributed by atoms with Gasteiger partial charge in [-0.2, -0.15) is 0 Å². The van der Waals surface area contributed by atoms with E-state index in [-0.39, 0.29) is 18.2 Å². The van der Waals surface area contributed by atoms with Crippen molar-refractivity contribution in [2.75, 3.05) is 0 Å². The second-order valence-electron chi connectivity index (χ2n) is 9.52. The Labute approximate surface area is 225 Å². The molecule has 1 atom stereocenters. The van der Waals surface area contributed by atoms with Crippen molar-refractivity contribution < 1.29 is 9.59 Å². The van der Waals surface area contributed by atoms with Gasteiger partial charge in [0.2, 0.25) is 11.8 Å². The fourth-order valence-corrected chi connectivity index (χ4v) is 4.30.